The van der Waals surface area contributed by atoms with Crippen molar-refractivity contribution in [2.45, 2.75) is 13.0 Å². The van der Waals surface area contributed by atoms with Gasteiger partial charge < -0.3 is 10.1 Å². The van der Waals surface area contributed by atoms with E-state index in [1.807, 2.05) is 25.1 Å². The topological polar surface area (TPSA) is 38.3 Å². The summed E-state index contributed by atoms with van der Waals surface area (Å²) in [7, 11) is 1.49. The van der Waals surface area contributed by atoms with Gasteiger partial charge in [-0.3, -0.25) is 4.79 Å². The Morgan fingerprint density at radius 1 is 1.53 bits per heavy atom. The van der Waals surface area contributed by atoms with Gasteiger partial charge in [-0.1, -0.05) is 29.8 Å². The molecule has 1 atom stereocenters. The fraction of sp³-hybridized carbons (Fsp3) is 0.364. The van der Waals surface area contributed by atoms with Crippen LogP contribution in [0.4, 0.5) is 0 Å². The number of hydrogen-bond acceptors (Lipinski definition) is 2. The van der Waals surface area contributed by atoms with Crippen molar-refractivity contribution in [1.82, 2.24) is 5.32 Å². The van der Waals surface area contributed by atoms with Crippen LogP contribution in [-0.2, 0) is 9.53 Å². The average molecular weight is 228 g/mol. The lowest BCUT2D eigenvalue weighted by molar-refractivity contribution is -0.125. The zero-order chi connectivity index (χ0) is 11.3. The molecule has 82 valence electrons. The third-order valence-electron chi connectivity index (χ3n) is 2.02. The summed E-state index contributed by atoms with van der Waals surface area (Å²) in [5.74, 6) is -0.148. The molecule has 0 bridgehead atoms. The molecule has 0 aliphatic heterocycles. The van der Waals surface area contributed by atoms with Crippen molar-refractivity contribution >= 4 is 17.5 Å². The number of nitrogens with one attached hydrogen (secondary N) is 1. The quantitative estimate of drug-likeness (QED) is 0.856. The number of hydrogen-bond donors (Lipinski definition) is 1. The summed E-state index contributed by atoms with van der Waals surface area (Å²) in [5.41, 5.74) is 0.906. The molecule has 1 amide bonds. The van der Waals surface area contributed by atoms with Crippen LogP contribution in [-0.4, -0.2) is 19.6 Å². The average Bonchev–Trinajstić information content (AvgIpc) is 2.18. The molecule has 1 aromatic rings. The monoisotopic (exact) mass is 227 g/mol. The third kappa shape index (κ3) is 3.53. The maximum absolute atomic E-state index is 11.3. The number of carbonyl (C=O) groups excluding carboxylic acids is 1. The Hall–Kier alpha value is -1.06. The molecule has 0 fully saturated rings. The van der Waals surface area contributed by atoms with Crippen LogP contribution in [0, 0.1) is 0 Å². The van der Waals surface area contributed by atoms with Crippen molar-refractivity contribution < 1.29 is 9.53 Å². The fourth-order valence-electron chi connectivity index (χ4n) is 1.32. The molecule has 0 spiro atoms. The number of halogens is 1. The van der Waals surface area contributed by atoms with Gasteiger partial charge in [0.2, 0.25) is 5.91 Å². The van der Waals surface area contributed by atoms with Gasteiger partial charge in [0.05, 0.1) is 6.04 Å². The molecule has 0 saturated heterocycles. The summed E-state index contributed by atoms with van der Waals surface area (Å²) in [6.45, 7) is 1.95. The van der Waals surface area contributed by atoms with Crippen LogP contribution in [0.25, 0.3) is 0 Å². The van der Waals surface area contributed by atoms with Gasteiger partial charge in [-0.25, -0.2) is 0 Å². The molecule has 4 heteroatoms. The molecule has 0 saturated carbocycles. The standard InChI is InChI=1S/C11H14ClNO2/c1-8(13-11(14)7-15-2)9-5-3-4-6-10(9)12/h3-6,8H,7H2,1-2H3,(H,13,14)/t8-/m0/s1. The van der Waals surface area contributed by atoms with Crippen LogP contribution >= 0.6 is 11.6 Å². The molecular weight excluding hydrogens is 214 g/mol. The normalized spacial score (nSPS) is 12.2. The number of rotatable bonds is 4. The smallest absolute Gasteiger partial charge is 0.246 e. The Balaban J connectivity index is 2.65. The van der Waals surface area contributed by atoms with Crippen LogP contribution in [0.1, 0.15) is 18.5 Å². The Bertz CT molecular complexity index is 341. The van der Waals surface area contributed by atoms with Crippen LogP contribution in [0.5, 0.6) is 0 Å². The van der Waals surface area contributed by atoms with Crippen LogP contribution < -0.4 is 5.32 Å². The van der Waals surface area contributed by atoms with E-state index in [9.17, 15) is 4.79 Å². The highest BCUT2D eigenvalue weighted by Crippen LogP contribution is 2.21. The summed E-state index contributed by atoms with van der Waals surface area (Å²) >= 11 is 6.00. The van der Waals surface area contributed by atoms with Gasteiger partial charge in [0.25, 0.3) is 0 Å². The SMILES string of the molecule is COCC(=O)N[C@@H](C)c1ccccc1Cl. The van der Waals surface area contributed by atoms with Crippen molar-refractivity contribution in [1.29, 1.82) is 0 Å². The summed E-state index contributed by atoms with van der Waals surface area (Å²) < 4.78 is 4.73. The molecule has 15 heavy (non-hydrogen) atoms. The highest BCUT2D eigenvalue weighted by molar-refractivity contribution is 6.31. The number of benzene rings is 1. The minimum atomic E-state index is -0.148. The summed E-state index contributed by atoms with van der Waals surface area (Å²) in [5, 5.41) is 3.44. The first-order valence-corrected chi connectivity index (χ1v) is 5.05. The number of ether oxygens (including phenoxy) is 1. The lowest BCUT2D eigenvalue weighted by Gasteiger charge is -2.15. The highest BCUT2D eigenvalue weighted by atomic mass is 35.5. The Kier molecular flexibility index (Phi) is 4.59. The predicted octanol–water partition coefficient (Wildman–Crippen LogP) is 2.16. The summed E-state index contributed by atoms with van der Waals surface area (Å²) in [6, 6.07) is 7.33. The number of carbonyl (C=O) groups is 1. The maximum Gasteiger partial charge on any atom is 0.246 e. The summed E-state index contributed by atoms with van der Waals surface area (Å²) in [6.07, 6.45) is 0. The largest absolute Gasteiger partial charge is 0.375 e. The third-order valence-corrected chi connectivity index (χ3v) is 2.37. The first kappa shape index (κ1) is 12.0. The molecule has 0 radical (unpaired) electrons. The Morgan fingerprint density at radius 3 is 2.80 bits per heavy atom. The lowest BCUT2D eigenvalue weighted by atomic mass is 10.1. The molecule has 3 nitrogen and oxygen atoms in total. The van der Waals surface area contributed by atoms with Gasteiger partial charge in [-0.15, -0.1) is 0 Å². The molecule has 0 heterocycles. The van der Waals surface area contributed by atoms with E-state index >= 15 is 0 Å². The van der Waals surface area contributed by atoms with Crippen molar-refractivity contribution in [3.63, 3.8) is 0 Å². The molecule has 1 N–H and O–H groups in total. The zero-order valence-corrected chi connectivity index (χ0v) is 9.54. The fourth-order valence-corrected chi connectivity index (χ4v) is 1.62. The molecule has 1 aromatic carbocycles. The first-order chi connectivity index (χ1) is 7.15. The van der Waals surface area contributed by atoms with E-state index in [0.29, 0.717) is 5.02 Å². The van der Waals surface area contributed by atoms with Crippen LogP contribution in [0.15, 0.2) is 24.3 Å². The molecule has 0 aliphatic carbocycles. The van der Waals surface area contributed by atoms with Crippen LogP contribution in [0.2, 0.25) is 5.02 Å². The van der Waals surface area contributed by atoms with E-state index in [0.717, 1.165) is 5.56 Å². The van der Waals surface area contributed by atoms with E-state index in [1.54, 1.807) is 6.07 Å². The van der Waals surface area contributed by atoms with Crippen molar-refractivity contribution in [2.75, 3.05) is 13.7 Å². The van der Waals surface area contributed by atoms with Crippen LogP contribution in [0.3, 0.4) is 0 Å². The van der Waals surface area contributed by atoms with Gasteiger partial charge in [0.15, 0.2) is 0 Å². The zero-order valence-electron chi connectivity index (χ0n) is 8.79. The van der Waals surface area contributed by atoms with Gasteiger partial charge in [-0.05, 0) is 18.6 Å². The van der Waals surface area contributed by atoms with Gasteiger partial charge in [-0.2, -0.15) is 0 Å². The van der Waals surface area contributed by atoms with Gasteiger partial charge in [0, 0.05) is 12.1 Å². The second kappa shape index (κ2) is 5.73. The Morgan fingerprint density at radius 2 is 2.20 bits per heavy atom. The molecule has 0 aliphatic rings. The second-order valence-electron chi connectivity index (χ2n) is 3.24. The van der Waals surface area contributed by atoms with Crippen molar-refractivity contribution in [3.8, 4) is 0 Å². The Labute approximate surface area is 94.4 Å². The van der Waals surface area contributed by atoms with Gasteiger partial charge >= 0.3 is 0 Å². The van der Waals surface area contributed by atoms with E-state index < -0.39 is 0 Å². The second-order valence-corrected chi connectivity index (χ2v) is 3.65. The minimum absolute atomic E-state index is 0.0643. The van der Waals surface area contributed by atoms with Gasteiger partial charge in [0.1, 0.15) is 6.61 Å². The molecule has 1 rings (SSSR count). The van der Waals surface area contributed by atoms with E-state index in [4.69, 9.17) is 16.3 Å². The predicted molar refractivity (Wildman–Crippen MR) is 59.9 cm³/mol. The first-order valence-electron chi connectivity index (χ1n) is 4.68. The summed E-state index contributed by atoms with van der Waals surface area (Å²) in [4.78, 5) is 11.3. The molecule has 0 unspecified atom stereocenters. The highest BCUT2D eigenvalue weighted by Gasteiger charge is 2.11. The lowest BCUT2D eigenvalue weighted by Crippen LogP contribution is -2.29. The number of methoxy groups -OCH3 is 1. The van der Waals surface area contributed by atoms with E-state index in [-0.39, 0.29) is 18.6 Å². The van der Waals surface area contributed by atoms with E-state index in [1.165, 1.54) is 7.11 Å². The van der Waals surface area contributed by atoms with Crippen molar-refractivity contribution in [3.05, 3.63) is 34.9 Å². The minimum Gasteiger partial charge on any atom is -0.375 e. The molecular formula is C11H14ClNO2. The van der Waals surface area contributed by atoms with Crippen molar-refractivity contribution in [2.24, 2.45) is 0 Å². The van der Waals surface area contributed by atoms with E-state index in [2.05, 4.69) is 5.32 Å². The maximum atomic E-state index is 11.3. The number of amides is 1. The molecule has 0 aromatic heterocycles.